The fourth-order valence-electron chi connectivity index (χ4n) is 4.36. The average molecular weight is 303 g/mol. The molecule has 1 aromatic carbocycles. The monoisotopic (exact) mass is 303 g/mol. The van der Waals surface area contributed by atoms with Crippen LogP contribution in [0.2, 0.25) is 0 Å². The highest BCUT2D eigenvalue weighted by Gasteiger charge is 2.40. The zero-order chi connectivity index (χ0) is 15.7. The highest BCUT2D eigenvalue weighted by molar-refractivity contribution is 5.33. The summed E-state index contributed by atoms with van der Waals surface area (Å²) in [4.78, 5) is 2.59. The molecule has 0 bridgehead atoms. The van der Waals surface area contributed by atoms with Crippen LogP contribution in [0.4, 0.5) is 0 Å². The van der Waals surface area contributed by atoms with E-state index in [4.69, 9.17) is 0 Å². The maximum absolute atomic E-state index is 9.93. The molecule has 1 aliphatic carbocycles. The molecule has 1 aliphatic heterocycles. The summed E-state index contributed by atoms with van der Waals surface area (Å²) >= 11 is 0. The molecule has 0 spiro atoms. The van der Waals surface area contributed by atoms with E-state index in [0.29, 0.717) is 17.7 Å². The van der Waals surface area contributed by atoms with Crippen LogP contribution in [0.15, 0.2) is 24.3 Å². The van der Waals surface area contributed by atoms with Gasteiger partial charge in [0.15, 0.2) is 0 Å². The van der Waals surface area contributed by atoms with E-state index in [1.807, 2.05) is 12.1 Å². The smallest absolute Gasteiger partial charge is 0.115 e. The molecule has 122 valence electrons. The number of phenolic OH excluding ortho intramolecular Hbond substituents is 1. The number of nitrogens with zero attached hydrogens (tertiary/aromatic N) is 1. The topological polar surface area (TPSA) is 43.7 Å². The molecule has 2 aliphatic rings. The molecule has 22 heavy (non-hydrogen) atoms. The van der Waals surface area contributed by atoms with Crippen LogP contribution in [0.3, 0.4) is 0 Å². The molecular formula is C19H29NO2. The minimum absolute atomic E-state index is 0.103. The summed E-state index contributed by atoms with van der Waals surface area (Å²) in [5.41, 5.74) is 1.38. The molecule has 1 aromatic rings. The lowest BCUT2D eigenvalue weighted by Gasteiger charge is -2.48. The number of rotatable bonds is 2. The molecule has 3 heteroatoms. The summed E-state index contributed by atoms with van der Waals surface area (Å²) in [7, 11) is 0. The third kappa shape index (κ3) is 3.02. The van der Waals surface area contributed by atoms with Gasteiger partial charge in [-0.2, -0.15) is 0 Å². The van der Waals surface area contributed by atoms with Gasteiger partial charge >= 0.3 is 0 Å². The predicted octanol–water partition coefficient (Wildman–Crippen LogP) is 3.30. The van der Waals surface area contributed by atoms with Crippen molar-refractivity contribution < 1.29 is 10.2 Å². The van der Waals surface area contributed by atoms with Crippen molar-refractivity contribution in [1.29, 1.82) is 0 Å². The lowest BCUT2D eigenvalue weighted by atomic mass is 9.67. The van der Waals surface area contributed by atoms with Gasteiger partial charge < -0.3 is 10.2 Å². The van der Waals surface area contributed by atoms with E-state index < -0.39 is 0 Å². The standard InChI is InChI=1S/C19H29NO2/c1-14-13-20(16-6-4-8-18(22)12-16)10-9-19(14,2)15-5-3-7-17(21)11-15/h3,5,7,11,14,16,18,21-22H,4,6,8-10,12-13H2,1-2H3/t14?,16?,18?,19-/m1/s1. The van der Waals surface area contributed by atoms with Crippen LogP contribution in [-0.4, -0.2) is 40.3 Å². The Morgan fingerprint density at radius 2 is 2.09 bits per heavy atom. The average Bonchev–Trinajstić information content (AvgIpc) is 2.50. The highest BCUT2D eigenvalue weighted by Crippen LogP contribution is 2.41. The number of phenols is 1. The van der Waals surface area contributed by atoms with Crippen LogP contribution in [0, 0.1) is 5.92 Å². The minimum Gasteiger partial charge on any atom is -0.508 e. The van der Waals surface area contributed by atoms with Gasteiger partial charge in [-0.1, -0.05) is 26.0 Å². The molecule has 1 heterocycles. The number of aromatic hydroxyl groups is 1. The van der Waals surface area contributed by atoms with Crippen LogP contribution in [0.1, 0.15) is 51.5 Å². The lowest BCUT2D eigenvalue weighted by Crippen LogP contribution is -2.52. The molecular weight excluding hydrogens is 274 g/mol. The fourth-order valence-corrected chi connectivity index (χ4v) is 4.36. The van der Waals surface area contributed by atoms with E-state index in [0.717, 1.165) is 38.8 Å². The van der Waals surface area contributed by atoms with Crippen molar-refractivity contribution in [2.24, 2.45) is 5.92 Å². The van der Waals surface area contributed by atoms with Gasteiger partial charge in [-0.25, -0.2) is 0 Å². The second-order valence-corrected chi connectivity index (χ2v) is 7.59. The van der Waals surface area contributed by atoms with Crippen molar-refractivity contribution in [1.82, 2.24) is 4.90 Å². The van der Waals surface area contributed by atoms with E-state index in [1.54, 1.807) is 6.07 Å². The van der Waals surface area contributed by atoms with Gasteiger partial charge in [0, 0.05) is 12.6 Å². The second kappa shape index (κ2) is 6.21. The first-order valence-electron chi connectivity index (χ1n) is 8.70. The second-order valence-electron chi connectivity index (χ2n) is 7.59. The molecule has 0 aromatic heterocycles. The summed E-state index contributed by atoms with van der Waals surface area (Å²) in [6, 6.07) is 8.33. The number of benzene rings is 1. The maximum Gasteiger partial charge on any atom is 0.115 e. The first-order valence-corrected chi connectivity index (χ1v) is 8.70. The molecule has 3 rings (SSSR count). The van der Waals surface area contributed by atoms with Crippen molar-refractivity contribution in [3.05, 3.63) is 29.8 Å². The third-order valence-corrected chi connectivity index (χ3v) is 6.16. The molecule has 2 N–H and O–H groups in total. The van der Waals surface area contributed by atoms with Crippen LogP contribution in [-0.2, 0) is 5.41 Å². The quantitative estimate of drug-likeness (QED) is 0.881. The van der Waals surface area contributed by atoms with E-state index in [9.17, 15) is 10.2 Å². The Bertz CT molecular complexity index is 518. The van der Waals surface area contributed by atoms with Gasteiger partial charge in [0.1, 0.15) is 5.75 Å². The highest BCUT2D eigenvalue weighted by atomic mass is 16.3. The first-order chi connectivity index (χ1) is 10.5. The number of likely N-dealkylation sites (tertiary alicyclic amines) is 1. The van der Waals surface area contributed by atoms with Crippen molar-refractivity contribution in [3.63, 3.8) is 0 Å². The van der Waals surface area contributed by atoms with E-state index >= 15 is 0 Å². The Labute approximate surface area is 134 Å². The summed E-state index contributed by atoms with van der Waals surface area (Å²) in [5, 5.41) is 19.7. The van der Waals surface area contributed by atoms with Crippen LogP contribution in [0.5, 0.6) is 5.75 Å². The van der Waals surface area contributed by atoms with Crippen LogP contribution >= 0.6 is 0 Å². The van der Waals surface area contributed by atoms with Gasteiger partial charge in [0.05, 0.1) is 6.10 Å². The van der Waals surface area contributed by atoms with Gasteiger partial charge in [0.25, 0.3) is 0 Å². The Kier molecular flexibility index (Phi) is 4.47. The van der Waals surface area contributed by atoms with Gasteiger partial charge in [-0.3, -0.25) is 4.90 Å². The molecule has 4 atom stereocenters. The lowest BCUT2D eigenvalue weighted by molar-refractivity contribution is 0.0217. The number of piperidine rings is 1. The summed E-state index contributed by atoms with van der Waals surface area (Å²) in [5.74, 6) is 0.908. The van der Waals surface area contributed by atoms with E-state index in [1.165, 1.54) is 12.0 Å². The van der Waals surface area contributed by atoms with Crippen molar-refractivity contribution in [3.8, 4) is 5.75 Å². The molecule has 1 saturated heterocycles. The molecule has 3 unspecified atom stereocenters. The van der Waals surface area contributed by atoms with E-state index in [2.05, 4.69) is 24.8 Å². The van der Waals surface area contributed by atoms with Gasteiger partial charge in [0.2, 0.25) is 0 Å². The molecule has 2 fully saturated rings. The maximum atomic E-state index is 9.93. The molecule has 3 nitrogen and oxygen atoms in total. The zero-order valence-corrected chi connectivity index (χ0v) is 13.8. The number of hydrogen-bond donors (Lipinski definition) is 2. The number of aliphatic hydroxyl groups excluding tert-OH is 1. The normalized spacial score (nSPS) is 37.1. The summed E-state index contributed by atoms with van der Waals surface area (Å²) < 4.78 is 0. The number of aliphatic hydroxyl groups is 1. The van der Waals surface area contributed by atoms with Crippen molar-refractivity contribution in [2.75, 3.05) is 13.1 Å². The van der Waals surface area contributed by atoms with Gasteiger partial charge in [-0.05, 0) is 67.7 Å². The largest absolute Gasteiger partial charge is 0.508 e. The minimum atomic E-state index is -0.103. The van der Waals surface area contributed by atoms with Crippen molar-refractivity contribution in [2.45, 2.75) is 63.5 Å². The zero-order valence-electron chi connectivity index (χ0n) is 13.8. The summed E-state index contributed by atoms with van der Waals surface area (Å²) in [6.07, 6.45) is 5.31. The summed E-state index contributed by atoms with van der Waals surface area (Å²) in [6.45, 7) is 6.84. The third-order valence-electron chi connectivity index (χ3n) is 6.16. The first kappa shape index (κ1) is 15.8. The Balaban J connectivity index is 1.71. The predicted molar refractivity (Wildman–Crippen MR) is 89.1 cm³/mol. The van der Waals surface area contributed by atoms with Gasteiger partial charge in [-0.15, -0.1) is 0 Å². The van der Waals surface area contributed by atoms with Crippen molar-refractivity contribution >= 4 is 0 Å². The molecule has 1 saturated carbocycles. The van der Waals surface area contributed by atoms with Crippen LogP contribution < -0.4 is 0 Å². The molecule has 0 radical (unpaired) electrons. The van der Waals surface area contributed by atoms with Crippen LogP contribution in [0.25, 0.3) is 0 Å². The SMILES string of the molecule is CC1CN(C2CCCC(O)C2)CC[C@@]1(C)c1cccc(O)c1. The Hall–Kier alpha value is -1.06. The Morgan fingerprint density at radius 1 is 1.27 bits per heavy atom. The Morgan fingerprint density at radius 3 is 2.77 bits per heavy atom. The number of hydrogen-bond acceptors (Lipinski definition) is 3. The van der Waals surface area contributed by atoms with E-state index in [-0.39, 0.29) is 11.5 Å². The molecule has 0 amide bonds. The fraction of sp³-hybridized carbons (Fsp3) is 0.684.